The third-order valence-corrected chi connectivity index (χ3v) is 6.77. The Kier molecular flexibility index (Phi) is 7.23. The van der Waals surface area contributed by atoms with Gasteiger partial charge in [-0.2, -0.15) is 4.72 Å². The van der Waals surface area contributed by atoms with E-state index in [2.05, 4.69) is 10.0 Å². The number of sulfonamides is 1. The molecule has 0 aliphatic heterocycles. The molecule has 0 aliphatic rings. The Hall–Kier alpha value is -2.10. The van der Waals surface area contributed by atoms with Gasteiger partial charge in [-0.1, -0.05) is 19.9 Å². The van der Waals surface area contributed by atoms with Crippen LogP contribution >= 0.6 is 11.3 Å². The van der Waals surface area contributed by atoms with E-state index in [1.165, 1.54) is 6.07 Å². The SMILES string of the molecule is COc1ccc(OC)c(CNC(=O)[C@@H](NS(=O)(=O)c2cccs2)C(C)C)c1. The molecule has 0 unspecified atom stereocenters. The van der Waals surface area contributed by atoms with Crippen LogP contribution in [0.25, 0.3) is 0 Å². The fourth-order valence-electron chi connectivity index (χ4n) is 2.45. The Balaban J connectivity index is 2.12. The molecule has 0 saturated carbocycles. The third kappa shape index (κ3) is 5.44. The molecule has 1 aromatic carbocycles. The van der Waals surface area contributed by atoms with E-state index in [1.807, 2.05) is 0 Å². The standard InChI is InChI=1S/C18H24N2O5S2/c1-12(2)17(20-27(22,23)16-6-5-9-26-16)18(21)19-11-13-10-14(24-3)7-8-15(13)25-4/h5-10,12,17,20H,11H2,1-4H3,(H,19,21)/t17-/m0/s1. The molecule has 1 amide bonds. The van der Waals surface area contributed by atoms with Crippen LogP contribution in [0, 0.1) is 5.92 Å². The Morgan fingerprint density at radius 1 is 1.19 bits per heavy atom. The van der Waals surface area contributed by atoms with Crippen molar-refractivity contribution in [3.05, 3.63) is 41.3 Å². The van der Waals surface area contributed by atoms with Crippen molar-refractivity contribution < 1.29 is 22.7 Å². The number of carbonyl (C=O) groups is 1. The second-order valence-corrected chi connectivity index (χ2v) is 9.06. The number of hydrogen-bond acceptors (Lipinski definition) is 6. The predicted molar refractivity (Wildman–Crippen MR) is 105 cm³/mol. The van der Waals surface area contributed by atoms with Crippen molar-refractivity contribution >= 4 is 27.3 Å². The number of methoxy groups -OCH3 is 2. The maximum Gasteiger partial charge on any atom is 0.250 e. The van der Waals surface area contributed by atoms with Crippen LogP contribution < -0.4 is 19.5 Å². The van der Waals surface area contributed by atoms with Crippen molar-refractivity contribution in [1.82, 2.24) is 10.0 Å². The second-order valence-electron chi connectivity index (χ2n) is 6.17. The summed E-state index contributed by atoms with van der Waals surface area (Å²) in [4.78, 5) is 12.7. The summed E-state index contributed by atoms with van der Waals surface area (Å²) in [7, 11) is -0.655. The molecule has 27 heavy (non-hydrogen) atoms. The number of rotatable bonds is 9. The number of ether oxygens (including phenoxy) is 2. The number of nitrogens with one attached hydrogen (secondary N) is 2. The zero-order chi connectivity index (χ0) is 20.0. The molecular formula is C18H24N2O5S2. The number of carbonyl (C=O) groups excluding carboxylic acids is 1. The Morgan fingerprint density at radius 3 is 2.48 bits per heavy atom. The van der Waals surface area contributed by atoms with E-state index in [9.17, 15) is 13.2 Å². The molecule has 1 heterocycles. The van der Waals surface area contributed by atoms with E-state index in [4.69, 9.17) is 9.47 Å². The first-order valence-electron chi connectivity index (χ1n) is 8.33. The van der Waals surface area contributed by atoms with Crippen LogP contribution in [0.2, 0.25) is 0 Å². The van der Waals surface area contributed by atoms with E-state index in [0.717, 1.165) is 16.9 Å². The highest BCUT2D eigenvalue weighted by molar-refractivity contribution is 7.91. The second kappa shape index (κ2) is 9.20. The van der Waals surface area contributed by atoms with E-state index in [0.29, 0.717) is 11.5 Å². The smallest absolute Gasteiger partial charge is 0.250 e. The van der Waals surface area contributed by atoms with E-state index in [1.54, 1.807) is 57.7 Å². The van der Waals surface area contributed by atoms with Crippen LogP contribution in [0.5, 0.6) is 11.5 Å². The van der Waals surface area contributed by atoms with Gasteiger partial charge in [0.1, 0.15) is 21.8 Å². The van der Waals surface area contributed by atoms with Gasteiger partial charge in [0.15, 0.2) is 0 Å². The molecule has 1 atom stereocenters. The lowest BCUT2D eigenvalue weighted by molar-refractivity contribution is -0.123. The number of thiophene rings is 1. The average molecular weight is 413 g/mol. The minimum absolute atomic E-state index is 0.176. The quantitative estimate of drug-likeness (QED) is 0.660. The topological polar surface area (TPSA) is 93.7 Å². The van der Waals surface area contributed by atoms with Crippen molar-refractivity contribution in [2.45, 2.75) is 30.6 Å². The molecule has 0 bridgehead atoms. The summed E-state index contributed by atoms with van der Waals surface area (Å²) in [6.07, 6.45) is 0. The molecule has 7 nitrogen and oxygen atoms in total. The van der Waals surface area contributed by atoms with Gasteiger partial charge in [0.05, 0.1) is 14.2 Å². The Bertz CT molecular complexity index is 864. The van der Waals surface area contributed by atoms with Crippen LogP contribution in [-0.4, -0.2) is 34.6 Å². The lowest BCUT2D eigenvalue weighted by atomic mass is 10.0. The zero-order valence-electron chi connectivity index (χ0n) is 15.7. The maximum atomic E-state index is 12.7. The van der Waals surface area contributed by atoms with Crippen LogP contribution in [0.15, 0.2) is 39.9 Å². The number of benzene rings is 1. The fourth-order valence-corrected chi connectivity index (χ4v) is 4.80. The normalized spacial score (nSPS) is 12.6. The van der Waals surface area contributed by atoms with E-state index in [-0.39, 0.29) is 16.7 Å². The first-order chi connectivity index (χ1) is 12.8. The van der Waals surface area contributed by atoms with Crippen molar-refractivity contribution in [2.75, 3.05) is 14.2 Å². The lowest BCUT2D eigenvalue weighted by Gasteiger charge is -2.21. The van der Waals surface area contributed by atoms with Crippen molar-refractivity contribution in [2.24, 2.45) is 5.92 Å². The summed E-state index contributed by atoms with van der Waals surface area (Å²) in [5.41, 5.74) is 0.730. The maximum absolute atomic E-state index is 12.7. The molecule has 9 heteroatoms. The van der Waals surface area contributed by atoms with Gasteiger partial charge >= 0.3 is 0 Å². The molecule has 0 radical (unpaired) electrons. The van der Waals surface area contributed by atoms with Gasteiger partial charge in [0.2, 0.25) is 5.91 Å². The summed E-state index contributed by atoms with van der Waals surface area (Å²) in [6, 6.07) is 7.53. The molecule has 0 fully saturated rings. The molecule has 0 saturated heterocycles. The largest absolute Gasteiger partial charge is 0.497 e. The molecule has 2 rings (SSSR count). The summed E-state index contributed by atoms with van der Waals surface area (Å²) >= 11 is 1.10. The molecule has 2 aromatic rings. The Labute approximate surface area is 163 Å². The van der Waals surface area contributed by atoms with Crippen molar-refractivity contribution in [1.29, 1.82) is 0 Å². The zero-order valence-corrected chi connectivity index (χ0v) is 17.3. The van der Waals surface area contributed by atoms with Crippen LogP contribution in [0.4, 0.5) is 0 Å². The predicted octanol–water partition coefficient (Wildman–Crippen LogP) is 2.38. The summed E-state index contributed by atoms with van der Waals surface area (Å²) < 4.78 is 38.1. The molecule has 1 aromatic heterocycles. The van der Waals surface area contributed by atoms with Crippen LogP contribution in [0.1, 0.15) is 19.4 Å². The summed E-state index contributed by atoms with van der Waals surface area (Å²) in [5, 5.41) is 4.45. The van der Waals surface area contributed by atoms with E-state index < -0.39 is 22.0 Å². The van der Waals surface area contributed by atoms with E-state index >= 15 is 0 Å². The molecular weight excluding hydrogens is 388 g/mol. The molecule has 148 valence electrons. The van der Waals surface area contributed by atoms with Gasteiger partial charge in [-0.3, -0.25) is 4.79 Å². The van der Waals surface area contributed by atoms with Gasteiger partial charge in [-0.05, 0) is 35.6 Å². The highest BCUT2D eigenvalue weighted by atomic mass is 32.2. The monoisotopic (exact) mass is 412 g/mol. The van der Waals surface area contributed by atoms with Crippen LogP contribution in [0.3, 0.4) is 0 Å². The average Bonchev–Trinajstić information content (AvgIpc) is 3.19. The molecule has 0 spiro atoms. The van der Waals surface area contributed by atoms with Gasteiger partial charge in [-0.15, -0.1) is 11.3 Å². The highest BCUT2D eigenvalue weighted by Crippen LogP contribution is 2.24. The molecule has 0 aliphatic carbocycles. The van der Waals surface area contributed by atoms with Crippen LogP contribution in [-0.2, 0) is 21.4 Å². The third-order valence-electron chi connectivity index (χ3n) is 3.93. The number of hydrogen-bond donors (Lipinski definition) is 2. The highest BCUT2D eigenvalue weighted by Gasteiger charge is 2.28. The van der Waals surface area contributed by atoms with Gasteiger partial charge < -0.3 is 14.8 Å². The minimum Gasteiger partial charge on any atom is -0.497 e. The summed E-state index contributed by atoms with van der Waals surface area (Å²) in [5.74, 6) is 0.608. The fraction of sp³-hybridized carbons (Fsp3) is 0.389. The summed E-state index contributed by atoms with van der Waals surface area (Å²) in [6.45, 7) is 3.75. The van der Waals surface area contributed by atoms with Crippen molar-refractivity contribution in [3.63, 3.8) is 0 Å². The number of amides is 1. The Morgan fingerprint density at radius 2 is 1.93 bits per heavy atom. The minimum atomic E-state index is -3.75. The first-order valence-corrected chi connectivity index (χ1v) is 10.7. The van der Waals surface area contributed by atoms with Gasteiger partial charge in [0.25, 0.3) is 10.0 Å². The lowest BCUT2D eigenvalue weighted by Crippen LogP contribution is -2.49. The molecule has 2 N–H and O–H groups in total. The van der Waals surface area contributed by atoms with Crippen molar-refractivity contribution in [3.8, 4) is 11.5 Å². The van der Waals surface area contributed by atoms with Gasteiger partial charge in [-0.25, -0.2) is 8.42 Å². The first kappa shape index (κ1) is 21.2. The van der Waals surface area contributed by atoms with Gasteiger partial charge in [0, 0.05) is 12.1 Å².